The number of hydrogen-bond donors (Lipinski definition) is 1. The first-order chi connectivity index (χ1) is 18.8. The fourth-order valence-corrected chi connectivity index (χ4v) is 5.58. The van der Waals surface area contributed by atoms with Crippen molar-refractivity contribution in [2.45, 2.75) is 0 Å². The summed E-state index contributed by atoms with van der Waals surface area (Å²) in [5.41, 5.74) is 8.32. The largest absolute Gasteiger partial charge is 0.354 e. The molecule has 0 unspecified atom stereocenters. The molecule has 178 valence electrons. The van der Waals surface area contributed by atoms with Gasteiger partial charge >= 0.3 is 0 Å². The molecule has 8 rings (SSSR count). The van der Waals surface area contributed by atoms with Crippen LogP contribution < -0.4 is 0 Å². The van der Waals surface area contributed by atoms with Gasteiger partial charge in [0, 0.05) is 43.7 Å². The Kier molecular flexibility index (Phi) is 4.49. The van der Waals surface area contributed by atoms with Crippen LogP contribution in [-0.2, 0) is 0 Å². The zero-order valence-electron chi connectivity index (χ0n) is 20.5. The maximum Gasteiger partial charge on any atom is 0.235 e. The summed E-state index contributed by atoms with van der Waals surface area (Å²) in [5, 5.41) is 4.83. The van der Waals surface area contributed by atoms with Gasteiger partial charge in [0.05, 0.1) is 22.4 Å². The zero-order valence-corrected chi connectivity index (χ0v) is 20.5. The molecular weight excluding hydrogens is 464 g/mol. The Morgan fingerprint density at radius 2 is 1.05 bits per heavy atom. The highest BCUT2D eigenvalue weighted by Gasteiger charge is 2.18. The van der Waals surface area contributed by atoms with Gasteiger partial charge in [-0.1, -0.05) is 97.1 Å². The van der Waals surface area contributed by atoms with Crippen LogP contribution in [0.4, 0.5) is 0 Å². The minimum absolute atomic E-state index is 0.659. The number of benzene rings is 5. The maximum absolute atomic E-state index is 5.14. The van der Waals surface area contributed by atoms with Gasteiger partial charge in [0.25, 0.3) is 0 Å². The Hall–Kier alpha value is -5.22. The highest BCUT2D eigenvalue weighted by atomic mass is 15.2. The molecule has 0 saturated heterocycles. The number of H-pyrrole nitrogens is 1. The van der Waals surface area contributed by atoms with Crippen molar-refractivity contribution in [2.75, 3.05) is 0 Å². The van der Waals surface area contributed by atoms with E-state index in [9.17, 15) is 0 Å². The van der Waals surface area contributed by atoms with Gasteiger partial charge in [-0.05, 0) is 30.3 Å². The highest BCUT2D eigenvalue weighted by molar-refractivity contribution is 6.18. The van der Waals surface area contributed by atoms with E-state index in [4.69, 9.17) is 9.97 Å². The first-order valence-electron chi connectivity index (χ1n) is 12.8. The predicted octanol–water partition coefficient (Wildman–Crippen LogP) is 8.54. The van der Waals surface area contributed by atoms with E-state index < -0.39 is 0 Å². The van der Waals surface area contributed by atoms with Crippen molar-refractivity contribution < 1.29 is 0 Å². The van der Waals surface area contributed by atoms with Crippen molar-refractivity contribution in [2.24, 2.45) is 0 Å². The van der Waals surface area contributed by atoms with Gasteiger partial charge in [0.2, 0.25) is 5.95 Å². The Labute approximate surface area is 218 Å². The predicted molar refractivity (Wildman–Crippen MR) is 157 cm³/mol. The summed E-state index contributed by atoms with van der Waals surface area (Å²) in [6.07, 6.45) is 0. The molecule has 1 N–H and O–H groups in total. The van der Waals surface area contributed by atoms with E-state index in [1.807, 2.05) is 36.4 Å². The number of nitrogens with zero attached hydrogens (tertiary/aromatic N) is 3. The molecule has 4 heteroatoms. The number of para-hydroxylation sites is 2. The minimum Gasteiger partial charge on any atom is -0.354 e. The SMILES string of the molecule is c1ccc(-c2cc(-c3ccccc3)nc(-n3c4ccccc4c4cc5c(cc43)[nH]c3ccccc35)n2)cc1. The molecule has 0 atom stereocenters. The second-order valence-electron chi connectivity index (χ2n) is 9.61. The Morgan fingerprint density at radius 3 is 1.76 bits per heavy atom. The molecule has 0 radical (unpaired) electrons. The highest BCUT2D eigenvalue weighted by Crippen LogP contribution is 2.37. The Balaban J connectivity index is 1.48. The second kappa shape index (κ2) is 8.15. The van der Waals surface area contributed by atoms with Gasteiger partial charge in [-0.15, -0.1) is 0 Å². The number of aromatic amines is 1. The molecule has 38 heavy (non-hydrogen) atoms. The molecule has 4 nitrogen and oxygen atoms in total. The van der Waals surface area contributed by atoms with Crippen molar-refractivity contribution in [1.82, 2.24) is 19.5 Å². The summed E-state index contributed by atoms with van der Waals surface area (Å²) >= 11 is 0. The number of hydrogen-bond acceptors (Lipinski definition) is 2. The molecule has 5 aromatic carbocycles. The lowest BCUT2D eigenvalue weighted by Gasteiger charge is -2.11. The molecule has 0 aliphatic carbocycles. The van der Waals surface area contributed by atoms with E-state index in [0.29, 0.717) is 5.95 Å². The topological polar surface area (TPSA) is 46.5 Å². The van der Waals surface area contributed by atoms with Gasteiger partial charge in [-0.2, -0.15) is 0 Å². The lowest BCUT2D eigenvalue weighted by Crippen LogP contribution is -2.04. The number of nitrogens with one attached hydrogen (secondary N) is 1. The quantitative estimate of drug-likeness (QED) is 0.272. The van der Waals surface area contributed by atoms with Crippen LogP contribution in [-0.4, -0.2) is 19.5 Å². The van der Waals surface area contributed by atoms with Gasteiger partial charge in [-0.3, -0.25) is 4.57 Å². The van der Waals surface area contributed by atoms with Crippen molar-refractivity contribution in [3.05, 3.63) is 127 Å². The lowest BCUT2D eigenvalue weighted by molar-refractivity contribution is 0.996. The minimum atomic E-state index is 0.659. The lowest BCUT2D eigenvalue weighted by atomic mass is 10.1. The van der Waals surface area contributed by atoms with Crippen molar-refractivity contribution >= 4 is 43.6 Å². The van der Waals surface area contributed by atoms with Crippen molar-refractivity contribution in [3.8, 4) is 28.5 Å². The molecule has 3 aromatic heterocycles. The summed E-state index contributed by atoms with van der Waals surface area (Å²) in [6.45, 7) is 0. The van der Waals surface area contributed by atoms with Crippen LogP contribution in [0, 0.1) is 0 Å². The molecule has 0 saturated carbocycles. The summed E-state index contributed by atoms with van der Waals surface area (Å²) < 4.78 is 2.20. The third kappa shape index (κ3) is 3.17. The van der Waals surface area contributed by atoms with E-state index in [-0.39, 0.29) is 0 Å². The first kappa shape index (κ1) is 20.9. The van der Waals surface area contributed by atoms with Gasteiger partial charge in [-0.25, -0.2) is 9.97 Å². The van der Waals surface area contributed by atoms with E-state index in [2.05, 4.69) is 101 Å². The zero-order chi connectivity index (χ0) is 25.1. The standard InChI is InChI=1S/C34H22N4/c1-3-11-22(12-4-1)29-20-30(23-13-5-2-6-14-23)37-34(36-29)38-32-18-10-8-16-25(32)27-19-26-24-15-7-9-17-28(24)35-31(26)21-33(27)38/h1-21,35H. The van der Waals surface area contributed by atoms with Crippen LogP contribution in [0.1, 0.15) is 0 Å². The number of fused-ring (bicyclic) bond motifs is 6. The van der Waals surface area contributed by atoms with Gasteiger partial charge in [0.15, 0.2) is 0 Å². The van der Waals surface area contributed by atoms with Crippen LogP contribution >= 0.6 is 0 Å². The molecule has 8 aromatic rings. The molecular formula is C34H22N4. The third-order valence-corrected chi connectivity index (χ3v) is 7.35. The second-order valence-corrected chi connectivity index (χ2v) is 9.61. The monoisotopic (exact) mass is 486 g/mol. The molecule has 0 fully saturated rings. The molecule has 3 heterocycles. The number of aromatic nitrogens is 4. The summed E-state index contributed by atoms with van der Waals surface area (Å²) in [5.74, 6) is 0.659. The molecule has 0 aliphatic heterocycles. The normalized spacial score (nSPS) is 11.7. The first-order valence-corrected chi connectivity index (χ1v) is 12.8. The Bertz CT molecular complexity index is 2060. The average molecular weight is 487 g/mol. The van der Waals surface area contributed by atoms with E-state index in [0.717, 1.165) is 44.6 Å². The van der Waals surface area contributed by atoms with E-state index >= 15 is 0 Å². The molecule has 0 amide bonds. The van der Waals surface area contributed by atoms with Crippen LogP contribution in [0.15, 0.2) is 127 Å². The molecule has 0 spiro atoms. The molecule has 0 bridgehead atoms. The van der Waals surface area contributed by atoms with Gasteiger partial charge in [0.1, 0.15) is 0 Å². The smallest absolute Gasteiger partial charge is 0.235 e. The fourth-order valence-electron chi connectivity index (χ4n) is 5.58. The molecule has 0 aliphatic rings. The van der Waals surface area contributed by atoms with Crippen LogP contribution in [0.25, 0.3) is 72.1 Å². The Morgan fingerprint density at radius 1 is 0.447 bits per heavy atom. The fraction of sp³-hybridized carbons (Fsp3) is 0. The third-order valence-electron chi connectivity index (χ3n) is 7.35. The average Bonchev–Trinajstić information content (AvgIpc) is 3.51. The van der Waals surface area contributed by atoms with Crippen LogP contribution in [0.3, 0.4) is 0 Å². The summed E-state index contributed by atoms with van der Waals surface area (Å²) in [4.78, 5) is 13.9. The van der Waals surface area contributed by atoms with Gasteiger partial charge < -0.3 is 4.98 Å². The summed E-state index contributed by atoms with van der Waals surface area (Å²) in [6, 6.07) is 44.3. The maximum atomic E-state index is 5.14. The van der Waals surface area contributed by atoms with Crippen LogP contribution in [0.5, 0.6) is 0 Å². The number of rotatable bonds is 3. The van der Waals surface area contributed by atoms with Crippen LogP contribution in [0.2, 0.25) is 0 Å². The van der Waals surface area contributed by atoms with Crippen molar-refractivity contribution in [3.63, 3.8) is 0 Å². The van der Waals surface area contributed by atoms with E-state index in [1.165, 1.54) is 21.5 Å². The van der Waals surface area contributed by atoms with Crippen molar-refractivity contribution in [1.29, 1.82) is 0 Å². The summed E-state index contributed by atoms with van der Waals surface area (Å²) in [7, 11) is 0. The van der Waals surface area contributed by atoms with E-state index in [1.54, 1.807) is 0 Å².